The van der Waals surface area contributed by atoms with Gasteiger partial charge in [0.25, 0.3) is 0 Å². The summed E-state index contributed by atoms with van der Waals surface area (Å²) in [4.78, 5) is 68.6. The molecule has 0 atom stereocenters. The van der Waals surface area contributed by atoms with Gasteiger partial charge in [0.05, 0.1) is 28.3 Å². The van der Waals surface area contributed by atoms with Crippen molar-refractivity contribution >= 4 is 62.3 Å². The van der Waals surface area contributed by atoms with Crippen molar-refractivity contribution in [3.05, 3.63) is 65.2 Å². The van der Waals surface area contributed by atoms with Gasteiger partial charge in [-0.3, -0.25) is 14.7 Å². The van der Waals surface area contributed by atoms with E-state index >= 15 is 0 Å². The molecule has 0 bridgehead atoms. The van der Waals surface area contributed by atoms with Crippen LogP contribution in [0.4, 0.5) is 25.5 Å². The van der Waals surface area contributed by atoms with Gasteiger partial charge in [0.2, 0.25) is 5.91 Å². The Morgan fingerprint density at radius 2 is 1.71 bits per heavy atom. The number of nitrogens with one attached hydrogen (secondary N) is 2. The Kier molecular flexibility index (Phi) is 12.3. The van der Waals surface area contributed by atoms with Crippen molar-refractivity contribution in [2.75, 3.05) is 23.3 Å². The Balaban J connectivity index is 1.15. The number of aromatic nitrogens is 6. The summed E-state index contributed by atoms with van der Waals surface area (Å²) in [7, 11) is 0. The molecule has 1 aromatic carbocycles. The first-order chi connectivity index (χ1) is 27.5. The molecule has 4 aromatic heterocycles. The molecule has 0 aliphatic carbocycles. The van der Waals surface area contributed by atoms with Crippen LogP contribution in [0.1, 0.15) is 83.8 Å². The van der Waals surface area contributed by atoms with Gasteiger partial charge in [-0.25, -0.2) is 33.9 Å². The number of aromatic amines is 1. The second-order valence-corrected chi connectivity index (χ2v) is 16.8. The van der Waals surface area contributed by atoms with Gasteiger partial charge in [0.1, 0.15) is 39.5 Å². The number of benzene rings is 1. The number of ether oxygens (including phenoxy) is 2. The SMILES string of the molecule is C#CCCC1(CCC(=O)Nc2ccc3nc(CCN(CCc4nc5c(N(Cc6ncccc6F)C(=O)OC(C)(C)C)ncnc5s4)C(=O)OC(C)(C)C)[nH]c3c2)N=N1. The third-order valence-corrected chi connectivity index (χ3v) is 9.74. The van der Waals surface area contributed by atoms with Gasteiger partial charge >= 0.3 is 12.2 Å². The molecule has 304 valence electrons. The molecule has 0 saturated carbocycles. The van der Waals surface area contributed by atoms with Crippen LogP contribution in [0.3, 0.4) is 0 Å². The molecule has 6 rings (SSSR count). The topological polar surface area (TPSA) is 193 Å². The zero-order valence-corrected chi connectivity index (χ0v) is 34.2. The van der Waals surface area contributed by atoms with E-state index in [4.69, 9.17) is 25.9 Å². The monoisotopic (exact) mass is 811 g/mol. The smallest absolute Gasteiger partial charge is 0.416 e. The van der Waals surface area contributed by atoms with Gasteiger partial charge in [0.15, 0.2) is 11.5 Å². The van der Waals surface area contributed by atoms with E-state index in [0.29, 0.717) is 64.5 Å². The van der Waals surface area contributed by atoms with Gasteiger partial charge in [-0.05, 0) is 71.9 Å². The number of H-pyrrole nitrogens is 1. The Bertz CT molecular complexity index is 2370. The van der Waals surface area contributed by atoms with Crippen molar-refractivity contribution in [2.45, 2.75) is 103 Å². The molecule has 0 spiro atoms. The third kappa shape index (κ3) is 11.1. The summed E-state index contributed by atoms with van der Waals surface area (Å²) in [6.45, 7) is 10.8. The average molecular weight is 812 g/mol. The number of anilines is 2. The molecule has 0 fully saturated rings. The maximum Gasteiger partial charge on any atom is 0.416 e. The summed E-state index contributed by atoms with van der Waals surface area (Å²) < 4.78 is 26.2. The van der Waals surface area contributed by atoms with E-state index in [1.807, 2.05) is 12.1 Å². The number of hydrogen-bond acceptors (Lipinski definition) is 13. The predicted octanol–water partition coefficient (Wildman–Crippen LogP) is 7.75. The number of carbonyl (C=O) groups excluding carboxylic acids is 3. The number of pyridine rings is 1. The lowest BCUT2D eigenvalue weighted by Crippen LogP contribution is -2.39. The third-order valence-electron chi connectivity index (χ3n) is 8.72. The molecule has 16 nitrogen and oxygen atoms in total. The van der Waals surface area contributed by atoms with Crippen LogP contribution < -0.4 is 10.2 Å². The molecule has 5 aromatic rings. The average Bonchev–Trinajstić information content (AvgIpc) is 3.60. The fourth-order valence-electron chi connectivity index (χ4n) is 5.87. The normalized spacial score (nSPS) is 13.3. The number of carbonyl (C=O) groups is 3. The van der Waals surface area contributed by atoms with Gasteiger partial charge in [0, 0.05) is 63.5 Å². The van der Waals surface area contributed by atoms with Gasteiger partial charge < -0.3 is 24.7 Å². The zero-order chi connectivity index (χ0) is 41.7. The van der Waals surface area contributed by atoms with E-state index < -0.39 is 34.9 Å². The quantitative estimate of drug-likeness (QED) is 0.0988. The van der Waals surface area contributed by atoms with Crippen molar-refractivity contribution in [3.8, 4) is 12.3 Å². The number of fused-ring (bicyclic) bond motifs is 2. The number of nitrogens with zero attached hydrogens (tertiary/aromatic N) is 9. The fourth-order valence-corrected chi connectivity index (χ4v) is 6.76. The van der Waals surface area contributed by atoms with Crippen LogP contribution in [0.15, 0.2) is 53.1 Å². The van der Waals surface area contributed by atoms with Crippen LogP contribution in [0.25, 0.3) is 21.4 Å². The zero-order valence-electron chi connectivity index (χ0n) is 33.3. The molecule has 0 radical (unpaired) electrons. The Labute approximate surface area is 339 Å². The highest BCUT2D eigenvalue weighted by Gasteiger charge is 2.39. The molecule has 1 aliphatic heterocycles. The number of hydrogen-bond donors (Lipinski definition) is 2. The first kappa shape index (κ1) is 41.5. The summed E-state index contributed by atoms with van der Waals surface area (Å²) in [5.41, 5.74) is 0.294. The number of thiazole rings is 1. The molecule has 2 N–H and O–H groups in total. The van der Waals surface area contributed by atoms with Crippen molar-refractivity contribution in [2.24, 2.45) is 10.2 Å². The largest absolute Gasteiger partial charge is 0.444 e. The van der Waals surface area contributed by atoms with Crippen LogP contribution >= 0.6 is 11.3 Å². The van der Waals surface area contributed by atoms with E-state index in [1.165, 1.54) is 40.9 Å². The molecular weight excluding hydrogens is 766 g/mol. The first-order valence-corrected chi connectivity index (χ1v) is 19.7. The van der Waals surface area contributed by atoms with Crippen LogP contribution in [0, 0.1) is 18.2 Å². The summed E-state index contributed by atoms with van der Waals surface area (Å²) in [6, 6.07) is 8.15. The van der Waals surface area contributed by atoms with Crippen molar-refractivity contribution in [3.63, 3.8) is 0 Å². The maximum atomic E-state index is 14.7. The lowest BCUT2D eigenvalue weighted by molar-refractivity contribution is -0.116. The number of halogens is 1. The Hall–Kier alpha value is -6.09. The molecule has 1 aliphatic rings. The van der Waals surface area contributed by atoms with Gasteiger partial charge in [-0.15, -0.1) is 12.3 Å². The minimum atomic E-state index is -0.845. The predicted molar refractivity (Wildman–Crippen MR) is 217 cm³/mol. The summed E-state index contributed by atoms with van der Waals surface area (Å²) in [6.07, 6.45) is 9.52. The summed E-state index contributed by atoms with van der Waals surface area (Å²) in [5, 5.41) is 11.7. The number of rotatable bonds is 15. The molecule has 0 unspecified atom stereocenters. The maximum absolute atomic E-state index is 14.7. The van der Waals surface area contributed by atoms with Crippen molar-refractivity contribution < 1.29 is 28.2 Å². The van der Waals surface area contributed by atoms with E-state index in [0.717, 1.165) is 5.52 Å². The molecular formula is C40H46FN11O5S. The standard InChI is InChI=1S/C40H46FN11O5S/c1-8-9-17-40(49-50-40)18-14-31(53)45-25-12-13-27-28(22-25)47-30(46-27)15-20-51(36(54)56-38(2,3)4)21-16-32-48-33-34(43-24-44-35(33)58-32)52(37(55)57-39(5,6)7)23-29-26(41)11-10-19-42-29/h1,10-13,19,22,24H,9,14-18,20-21,23H2,2-7H3,(H,45,53)(H,46,47). The minimum Gasteiger partial charge on any atom is -0.444 e. The number of terminal acetylenes is 1. The molecule has 3 amide bonds. The molecule has 18 heteroatoms. The lowest BCUT2D eigenvalue weighted by atomic mass is 10.0. The highest BCUT2D eigenvalue weighted by atomic mass is 32.1. The summed E-state index contributed by atoms with van der Waals surface area (Å²) >= 11 is 1.29. The molecule has 5 heterocycles. The molecule has 58 heavy (non-hydrogen) atoms. The Morgan fingerprint density at radius 1 is 0.966 bits per heavy atom. The van der Waals surface area contributed by atoms with Crippen LogP contribution in [-0.4, -0.2) is 82.9 Å². The van der Waals surface area contributed by atoms with Crippen LogP contribution in [0.5, 0.6) is 0 Å². The second kappa shape index (κ2) is 17.2. The van der Waals surface area contributed by atoms with Crippen LogP contribution in [-0.2, 0) is 33.7 Å². The minimum absolute atomic E-state index is 0.0268. The Morgan fingerprint density at radius 3 is 2.41 bits per heavy atom. The summed E-state index contributed by atoms with van der Waals surface area (Å²) in [5.74, 6) is 2.64. The van der Waals surface area contributed by atoms with Crippen LogP contribution in [0.2, 0.25) is 0 Å². The number of imidazole rings is 1. The van der Waals surface area contributed by atoms with Gasteiger partial charge in [-0.1, -0.05) is 11.3 Å². The van der Waals surface area contributed by atoms with Crippen molar-refractivity contribution in [1.82, 2.24) is 34.8 Å². The van der Waals surface area contributed by atoms with E-state index in [2.05, 4.69) is 41.4 Å². The van der Waals surface area contributed by atoms with Gasteiger partial charge in [-0.2, -0.15) is 10.2 Å². The highest BCUT2D eigenvalue weighted by molar-refractivity contribution is 7.18. The van der Waals surface area contributed by atoms with E-state index in [9.17, 15) is 18.8 Å². The number of amides is 3. The first-order valence-electron chi connectivity index (χ1n) is 18.8. The highest BCUT2D eigenvalue weighted by Crippen LogP contribution is 2.37. The van der Waals surface area contributed by atoms with E-state index in [1.54, 1.807) is 52.5 Å². The van der Waals surface area contributed by atoms with E-state index in [-0.39, 0.29) is 43.5 Å². The molecule has 0 saturated heterocycles. The van der Waals surface area contributed by atoms with Crippen molar-refractivity contribution in [1.29, 1.82) is 0 Å². The second-order valence-electron chi connectivity index (χ2n) is 15.8. The fraction of sp³-hybridized carbons (Fsp3) is 0.450. The lowest BCUT2D eigenvalue weighted by Gasteiger charge is -2.27.